The van der Waals surface area contributed by atoms with E-state index in [-0.39, 0.29) is 11.9 Å². The Labute approximate surface area is 127 Å². The number of nitrogens with one attached hydrogen (secondary N) is 2. The zero-order valence-electron chi connectivity index (χ0n) is 13.0. The first-order valence-corrected chi connectivity index (χ1v) is 7.80. The van der Waals surface area contributed by atoms with E-state index in [1.54, 1.807) is 7.11 Å². The minimum absolute atomic E-state index is 0.0740. The van der Waals surface area contributed by atoms with Crippen molar-refractivity contribution in [3.05, 3.63) is 35.4 Å². The van der Waals surface area contributed by atoms with Crippen molar-refractivity contribution in [2.24, 2.45) is 0 Å². The topological polar surface area (TPSA) is 50.4 Å². The van der Waals surface area contributed by atoms with Crippen molar-refractivity contribution >= 4 is 5.91 Å². The summed E-state index contributed by atoms with van der Waals surface area (Å²) in [5.74, 6) is 0.0740. The molecular weight excluding hydrogens is 264 g/mol. The Kier molecular flexibility index (Phi) is 6.21. The van der Waals surface area contributed by atoms with Crippen LogP contribution in [-0.2, 0) is 22.4 Å². The van der Waals surface area contributed by atoms with Crippen LogP contribution in [0.1, 0.15) is 30.9 Å². The molecule has 1 aliphatic rings. The second-order valence-corrected chi connectivity index (χ2v) is 5.73. The van der Waals surface area contributed by atoms with Gasteiger partial charge in [-0.05, 0) is 43.7 Å². The predicted octanol–water partition coefficient (Wildman–Crippen LogP) is 1.67. The molecule has 4 heteroatoms. The van der Waals surface area contributed by atoms with Crippen molar-refractivity contribution in [3.8, 4) is 0 Å². The second kappa shape index (κ2) is 8.15. The van der Waals surface area contributed by atoms with Crippen molar-refractivity contribution in [3.63, 3.8) is 0 Å². The fraction of sp³-hybridized carbons (Fsp3) is 0.588. The number of hydrogen-bond acceptors (Lipinski definition) is 3. The van der Waals surface area contributed by atoms with Crippen LogP contribution in [-0.4, -0.2) is 38.3 Å². The lowest BCUT2D eigenvalue weighted by molar-refractivity contribution is -0.123. The summed E-state index contributed by atoms with van der Waals surface area (Å²) in [7, 11) is 1.67. The molecule has 1 aromatic carbocycles. The van der Waals surface area contributed by atoms with Crippen molar-refractivity contribution in [2.75, 3.05) is 20.3 Å². The monoisotopic (exact) mass is 290 g/mol. The molecule has 21 heavy (non-hydrogen) atoms. The second-order valence-electron chi connectivity index (χ2n) is 5.73. The summed E-state index contributed by atoms with van der Waals surface area (Å²) in [6.07, 6.45) is 4.05. The van der Waals surface area contributed by atoms with E-state index in [9.17, 15) is 4.79 Å². The summed E-state index contributed by atoms with van der Waals surface area (Å²) in [4.78, 5) is 12.0. The van der Waals surface area contributed by atoms with Gasteiger partial charge in [-0.25, -0.2) is 0 Å². The van der Waals surface area contributed by atoms with E-state index in [1.165, 1.54) is 11.1 Å². The van der Waals surface area contributed by atoms with Gasteiger partial charge in [0.1, 0.15) is 0 Å². The van der Waals surface area contributed by atoms with Crippen LogP contribution in [0.15, 0.2) is 24.3 Å². The molecule has 0 aromatic heterocycles. The van der Waals surface area contributed by atoms with E-state index in [4.69, 9.17) is 4.74 Å². The number of aryl methyl sites for hydroxylation is 1. The number of amides is 1. The minimum atomic E-state index is -0.150. The minimum Gasteiger partial charge on any atom is -0.385 e. The highest BCUT2D eigenvalue weighted by molar-refractivity contribution is 5.81. The summed E-state index contributed by atoms with van der Waals surface area (Å²) >= 11 is 0. The van der Waals surface area contributed by atoms with E-state index in [0.717, 1.165) is 25.7 Å². The van der Waals surface area contributed by atoms with Crippen LogP contribution in [0, 0.1) is 0 Å². The smallest absolute Gasteiger partial charge is 0.236 e. The molecule has 2 atom stereocenters. The maximum absolute atomic E-state index is 12.0. The standard InChI is InChI=1S/C17H26N2O2/c1-13(17(20)18-10-5-11-21-2)19-16-9-8-14-6-3-4-7-15(14)12-16/h3-4,6-7,13,16,19H,5,8-12H2,1-2H3,(H,18,20). The third-order valence-corrected chi connectivity index (χ3v) is 4.05. The molecule has 116 valence electrons. The largest absolute Gasteiger partial charge is 0.385 e. The van der Waals surface area contributed by atoms with E-state index >= 15 is 0 Å². The Hall–Kier alpha value is -1.39. The third kappa shape index (κ3) is 4.83. The lowest BCUT2D eigenvalue weighted by Crippen LogP contribution is -2.48. The van der Waals surface area contributed by atoms with Crippen LogP contribution in [0.2, 0.25) is 0 Å². The fourth-order valence-corrected chi connectivity index (χ4v) is 2.85. The first-order chi connectivity index (χ1) is 10.2. The highest BCUT2D eigenvalue weighted by Crippen LogP contribution is 2.21. The van der Waals surface area contributed by atoms with Gasteiger partial charge >= 0.3 is 0 Å². The Morgan fingerprint density at radius 2 is 2.14 bits per heavy atom. The normalized spacial score (nSPS) is 18.9. The van der Waals surface area contributed by atoms with Gasteiger partial charge in [-0.3, -0.25) is 4.79 Å². The molecule has 0 fully saturated rings. The zero-order chi connectivity index (χ0) is 15.1. The summed E-state index contributed by atoms with van der Waals surface area (Å²) in [6.45, 7) is 3.29. The molecule has 2 rings (SSSR count). The van der Waals surface area contributed by atoms with Gasteiger partial charge in [0, 0.05) is 26.3 Å². The molecule has 4 nitrogen and oxygen atoms in total. The van der Waals surface area contributed by atoms with Gasteiger partial charge in [0.25, 0.3) is 0 Å². The molecule has 1 aromatic rings. The molecule has 0 saturated carbocycles. The number of hydrogen-bond donors (Lipinski definition) is 2. The molecule has 1 amide bonds. The fourth-order valence-electron chi connectivity index (χ4n) is 2.85. The molecule has 0 radical (unpaired) electrons. The molecule has 0 heterocycles. The van der Waals surface area contributed by atoms with Crippen LogP contribution in [0.4, 0.5) is 0 Å². The van der Waals surface area contributed by atoms with Gasteiger partial charge in [-0.1, -0.05) is 24.3 Å². The maximum atomic E-state index is 12.0. The van der Waals surface area contributed by atoms with E-state index in [1.807, 2.05) is 6.92 Å². The molecule has 0 aliphatic heterocycles. The third-order valence-electron chi connectivity index (χ3n) is 4.05. The van der Waals surface area contributed by atoms with Crippen LogP contribution in [0.5, 0.6) is 0 Å². The average molecular weight is 290 g/mol. The molecule has 0 saturated heterocycles. The molecule has 2 N–H and O–H groups in total. The summed E-state index contributed by atoms with van der Waals surface area (Å²) < 4.78 is 4.97. The molecule has 1 aliphatic carbocycles. The number of carbonyl (C=O) groups excluding carboxylic acids is 1. The number of carbonyl (C=O) groups is 1. The van der Waals surface area contributed by atoms with Gasteiger partial charge in [0.2, 0.25) is 5.91 Å². The highest BCUT2D eigenvalue weighted by atomic mass is 16.5. The summed E-state index contributed by atoms with van der Waals surface area (Å²) in [5, 5.41) is 6.40. The van der Waals surface area contributed by atoms with Crippen LogP contribution in [0.3, 0.4) is 0 Å². The average Bonchev–Trinajstić information content (AvgIpc) is 2.51. The van der Waals surface area contributed by atoms with Gasteiger partial charge in [-0.15, -0.1) is 0 Å². The number of fused-ring (bicyclic) bond motifs is 1. The van der Waals surface area contributed by atoms with Crippen molar-refractivity contribution in [1.29, 1.82) is 0 Å². The zero-order valence-corrected chi connectivity index (χ0v) is 13.0. The quantitative estimate of drug-likeness (QED) is 0.751. The molecule has 0 spiro atoms. The highest BCUT2D eigenvalue weighted by Gasteiger charge is 2.22. The first-order valence-electron chi connectivity index (χ1n) is 7.80. The Morgan fingerprint density at radius 1 is 1.38 bits per heavy atom. The first kappa shape index (κ1) is 16.0. The van der Waals surface area contributed by atoms with Gasteiger partial charge in [-0.2, -0.15) is 0 Å². The van der Waals surface area contributed by atoms with Gasteiger partial charge < -0.3 is 15.4 Å². The van der Waals surface area contributed by atoms with Crippen molar-refractivity contribution in [2.45, 2.75) is 44.7 Å². The van der Waals surface area contributed by atoms with Crippen LogP contribution >= 0.6 is 0 Å². The summed E-state index contributed by atoms with van der Waals surface area (Å²) in [6, 6.07) is 8.83. The van der Waals surface area contributed by atoms with E-state index in [2.05, 4.69) is 34.9 Å². The molecular formula is C17H26N2O2. The Balaban J connectivity index is 1.76. The molecule has 2 unspecified atom stereocenters. The lowest BCUT2D eigenvalue weighted by Gasteiger charge is -2.28. The molecule has 0 bridgehead atoms. The van der Waals surface area contributed by atoms with Gasteiger partial charge in [0.15, 0.2) is 0 Å². The number of rotatable bonds is 7. The van der Waals surface area contributed by atoms with Gasteiger partial charge in [0.05, 0.1) is 6.04 Å². The predicted molar refractivity (Wildman–Crippen MR) is 84.4 cm³/mol. The number of methoxy groups -OCH3 is 1. The van der Waals surface area contributed by atoms with Crippen molar-refractivity contribution < 1.29 is 9.53 Å². The maximum Gasteiger partial charge on any atom is 0.236 e. The Bertz CT molecular complexity index is 462. The number of ether oxygens (including phenoxy) is 1. The van der Waals surface area contributed by atoms with E-state index < -0.39 is 0 Å². The SMILES string of the molecule is COCCCNC(=O)C(C)NC1CCc2ccccc2C1. The van der Waals surface area contributed by atoms with E-state index in [0.29, 0.717) is 19.2 Å². The Morgan fingerprint density at radius 3 is 2.90 bits per heavy atom. The number of benzene rings is 1. The van der Waals surface area contributed by atoms with Crippen LogP contribution in [0.25, 0.3) is 0 Å². The van der Waals surface area contributed by atoms with Crippen LogP contribution < -0.4 is 10.6 Å². The summed E-state index contributed by atoms with van der Waals surface area (Å²) in [5.41, 5.74) is 2.86. The lowest BCUT2D eigenvalue weighted by atomic mass is 9.88. The van der Waals surface area contributed by atoms with Crippen molar-refractivity contribution in [1.82, 2.24) is 10.6 Å².